The monoisotopic (exact) mass is 150 g/mol. The summed E-state index contributed by atoms with van der Waals surface area (Å²) < 4.78 is 1.99. The zero-order valence-electron chi connectivity index (χ0n) is 6.09. The van der Waals surface area contributed by atoms with E-state index in [1.165, 1.54) is 0 Å². The molecule has 3 heteroatoms. The molecule has 0 aromatic carbocycles. The van der Waals surface area contributed by atoms with Crippen LogP contribution in [0.4, 0.5) is 0 Å². The zero-order chi connectivity index (χ0) is 7.68. The van der Waals surface area contributed by atoms with E-state index < -0.39 is 0 Å². The van der Waals surface area contributed by atoms with Crippen LogP contribution in [-0.2, 0) is 0 Å². The molecule has 2 rings (SSSR count). The molecule has 0 radical (unpaired) electrons. The van der Waals surface area contributed by atoms with Crippen LogP contribution in [0.1, 0.15) is 12.5 Å². The summed E-state index contributed by atoms with van der Waals surface area (Å²) in [6, 6.07) is 0.299. The van der Waals surface area contributed by atoms with Gasteiger partial charge in [-0.3, -0.25) is 0 Å². The molecule has 0 unspecified atom stereocenters. The average molecular weight is 150 g/mol. The fraction of sp³-hybridized carbons (Fsp3) is 0.375. The largest absolute Gasteiger partial charge is 0.389 e. The number of hydrogen-bond donors (Lipinski definition) is 1. The van der Waals surface area contributed by atoms with Crippen molar-refractivity contribution in [2.24, 2.45) is 0 Å². The van der Waals surface area contributed by atoms with E-state index in [0.29, 0.717) is 6.04 Å². The van der Waals surface area contributed by atoms with Gasteiger partial charge in [-0.15, -0.1) is 0 Å². The van der Waals surface area contributed by atoms with Gasteiger partial charge in [-0.1, -0.05) is 12.2 Å². The van der Waals surface area contributed by atoms with Crippen LogP contribution in [-0.4, -0.2) is 20.8 Å². The van der Waals surface area contributed by atoms with Crippen molar-refractivity contribution in [2.75, 3.05) is 0 Å². The van der Waals surface area contributed by atoms with Gasteiger partial charge >= 0.3 is 0 Å². The first-order valence-corrected chi connectivity index (χ1v) is 3.70. The van der Waals surface area contributed by atoms with Crippen LogP contribution < -0.4 is 0 Å². The van der Waals surface area contributed by atoms with Gasteiger partial charge in [0, 0.05) is 18.8 Å². The third-order valence-electron chi connectivity index (χ3n) is 1.95. The Bertz CT molecular complexity index is 253. The maximum atomic E-state index is 9.18. The summed E-state index contributed by atoms with van der Waals surface area (Å²) in [5, 5.41) is 9.18. The van der Waals surface area contributed by atoms with Gasteiger partial charge in [0.2, 0.25) is 0 Å². The molecule has 0 amide bonds. The van der Waals surface area contributed by atoms with Crippen LogP contribution in [0.3, 0.4) is 0 Å². The Balaban J connectivity index is 2.15. The first kappa shape index (κ1) is 6.61. The Morgan fingerprint density at radius 2 is 2.36 bits per heavy atom. The minimum atomic E-state index is -0.276. The number of aromatic nitrogens is 2. The normalized spacial score (nSPS) is 29.5. The Labute approximate surface area is 65.0 Å². The van der Waals surface area contributed by atoms with Crippen molar-refractivity contribution < 1.29 is 5.11 Å². The summed E-state index contributed by atoms with van der Waals surface area (Å²) in [5.41, 5.74) is 0. The van der Waals surface area contributed by atoms with Crippen LogP contribution in [0.25, 0.3) is 0 Å². The van der Waals surface area contributed by atoms with E-state index in [-0.39, 0.29) is 6.10 Å². The van der Waals surface area contributed by atoms with Crippen molar-refractivity contribution in [3.8, 4) is 0 Å². The molecule has 1 N–H and O–H groups in total. The number of nitrogens with zero attached hydrogens (tertiary/aromatic N) is 2. The third-order valence-corrected chi connectivity index (χ3v) is 1.95. The molecule has 58 valence electrons. The van der Waals surface area contributed by atoms with Gasteiger partial charge in [0.05, 0.1) is 18.5 Å². The van der Waals surface area contributed by atoms with E-state index in [2.05, 4.69) is 4.98 Å². The maximum absolute atomic E-state index is 9.18. The molecular formula is C8H10N2O. The van der Waals surface area contributed by atoms with E-state index >= 15 is 0 Å². The number of rotatable bonds is 1. The van der Waals surface area contributed by atoms with Gasteiger partial charge in [0.1, 0.15) is 0 Å². The standard InChI is InChI=1S/C8H10N2O/c11-8-2-1-7(5-8)10-4-3-9-6-10/h1-4,6-8,11H,5H2/t7-,8+/m0/s1. The minimum absolute atomic E-state index is 0.276. The number of aliphatic hydroxyl groups excluding tert-OH is 1. The summed E-state index contributed by atoms with van der Waals surface area (Å²) in [5.74, 6) is 0. The molecule has 0 saturated heterocycles. The molecule has 1 aromatic heterocycles. The highest BCUT2D eigenvalue weighted by Gasteiger charge is 2.16. The smallest absolute Gasteiger partial charge is 0.0951 e. The molecule has 0 saturated carbocycles. The number of allylic oxidation sites excluding steroid dienone is 1. The van der Waals surface area contributed by atoms with Gasteiger partial charge in [-0.05, 0) is 0 Å². The molecular weight excluding hydrogens is 140 g/mol. The molecule has 1 aliphatic rings. The summed E-state index contributed by atoms with van der Waals surface area (Å²) in [4.78, 5) is 3.94. The summed E-state index contributed by atoms with van der Waals surface area (Å²) in [7, 11) is 0. The molecule has 3 nitrogen and oxygen atoms in total. The van der Waals surface area contributed by atoms with Crippen molar-refractivity contribution in [1.82, 2.24) is 9.55 Å². The number of hydrogen-bond acceptors (Lipinski definition) is 2. The Hall–Kier alpha value is -1.09. The van der Waals surface area contributed by atoms with Gasteiger partial charge in [-0.2, -0.15) is 0 Å². The molecule has 11 heavy (non-hydrogen) atoms. The lowest BCUT2D eigenvalue weighted by Crippen LogP contribution is -2.05. The van der Waals surface area contributed by atoms with Crippen LogP contribution in [0.5, 0.6) is 0 Å². The second kappa shape index (κ2) is 2.51. The van der Waals surface area contributed by atoms with Crippen molar-refractivity contribution in [1.29, 1.82) is 0 Å². The van der Waals surface area contributed by atoms with Gasteiger partial charge < -0.3 is 9.67 Å². The first-order chi connectivity index (χ1) is 5.36. The Morgan fingerprint density at radius 1 is 1.45 bits per heavy atom. The van der Waals surface area contributed by atoms with Gasteiger partial charge in [-0.25, -0.2) is 4.98 Å². The van der Waals surface area contributed by atoms with Crippen molar-refractivity contribution >= 4 is 0 Å². The van der Waals surface area contributed by atoms with E-state index in [1.807, 2.05) is 22.9 Å². The highest BCUT2D eigenvalue weighted by molar-refractivity contribution is 5.06. The predicted molar refractivity (Wildman–Crippen MR) is 41.0 cm³/mol. The fourth-order valence-electron chi connectivity index (χ4n) is 1.35. The van der Waals surface area contributed by atoms with Gasteiger partial charge in [0.15, 0.2) is 0 Å². The number of imidazole rings is 1. The topological polar surface area (TPSA) is 38.0 Å². The van der Waals surface area contributed by atoms with Crippen LogP contribution >= 0.6 is 0 Å². The quantitative estimate of drug-likeness (QED) is 0.600. The molecule has 2 atom stereocenters. The van der Waals surface area contributed by atoms with E-state index in [1.54, 1.807) is 12.5 Å². The molecule has 0 aliphatic heterocycles. The van der Waals surface area contributed by atoms with E-state index in [0.717, 1.165) is 6.42 Å². The SMILES string of the molecule is O[C@@H]1C=C[C@H](n2ccnc2)C1. The van der Waals surface area contributed by atoms with Crippen LogP contribution in [0.15, 0.2) is 30.9 Å². The number of aliphatic hydroxyl groups is 1. The molecule has 0 spiro atoms. The molecule has 0 bridgehead atoms. The van der Waals surface area contributed by atoms with E-state index in [9.17, 15) is 5.11 Å². The zero-order valence-corrected chi connectivity index (χ0v) is 6.09. The predicted octanol–water partition coefficient (Wildman–Crippen LogP) is 0.745. The van der Waals surface area contributed by atoms with Crippen LogP contribution in [0.2, 0.25) is 0 Å². The Kier molecular flexibility index (Phi) is 1.51. The maximum Gasteiger partial charge on any atom is 0.0951 e. The lowest BCUT2D eigenvalue weighted by Gasteiger charge is -2.08. The summed E-state index contributed by atoms with van der Waals surface area (Å²) >= 11 is 0. The average Bonchev–Trinajstić information content (AvgIpc) is 2.55. The summed E-state index contributed by atoms with van der Waals surface area (Å²) in [6.45, 7) is 0. The minimum Gasteiger partial charge on any atom is -0.389 e. The second-order valence-electron chi connectivity index (χ2n) is 2.77. The fourth-order valence-corrected chi connectivity index (χ4v) is 1.35. The van der Waals surface area contributed by atoms with E-state index in [4.69, 9.17) is 0 Å². The van der Waals surface area contributed by atoms with Crippen molar-refractivity contribution in [3.05, 3.63) is 30.9 Å². The van der Waals surface area contributed by atoms with Crippen molar-refractivity contribution in [2.45, 2.75) is 18.6 Å². The van der Waals surface area contributed by atoms with Gasteiger partial charge in [0.25, 0.3) is 0 Å². The molecule has 1 aliphatic carbocycles. The van der Waals surface area contributed by atoms with Crippen molar-refractivity contribution in [3.63, 3.8) is 0 Å². The highest BCUT2D eigenvalue weighted by atomic mass is 16.3. The first-order valence-electron chi connectivity index (χ1n) is 3.70. The third kappa shape index (κ3) is 1.19. The molecule has 0 fully saturated rings. The molecule has 1 heterocycles. The highest BCUT2D eigenvalue weighted by Crippen LogP contribution is 2.21. The lowest BCUT2D eigenvalue weighted by molar-refractivity contribution is 0.210. The lowest BCUT2D eigenvalue weighted by atomic mass is 10.2. The van der Waals surface area contributed by atoms with Crippen LogP contribution in [0, 0.1) is 0 Å². The summed E-state index contributed by atoms with van der Waals surface area (Å²) in [6.07, 6.45) is 9.76. The molecule has 1 aromatic rings. The second-order valence-corrected chi connectivity index (χ2v) is 2.77. The Morgan fingerprint density at radius 3 is 2.91 bits per heavy atom.